The second-order valence-corrected chi connectivity index (χ2v) is 8.66. The molecule has 2 N–H and O–H groups in total. The lowest BCUT2D eigenvalue weighted by molar-refractivity contribution is -0.00834. The predicted octanol–water partition coefficient (Wildman–Crippen LogP) is 2.00. The lowest BCUT2D eigenvalue weighted by atomic mass is 10.0. The second-order valence-electron chi connectivity index (χ2n) is 7.66. The van der Waals surface area contributed by atoms with E-state index >= 15 is 0 Å². The molecule has 2 aliphatic rings. The van der Waals surface area contributed by atoms with Gasteiger partial charge in [-0.3, -0.25) is 14.8 Å². The molecule has 0 unspecified atom stereocenters. The summed E-state index contributed by atoms with van der Waals surface area (Å²) in [6.07, 6.45) is 1.19. The summed E-state index contributed by atoms with van der Waals surface area (Å²) in [5, 5.41) is 9.18. The van der Waals surface area contributed by atoms with Crippen molar-refractivity contribution in [2.75, 3.05) is 59.5 Å². The van der Waals surface area contributed by atoms with Crippen LogP contribution in [0, 0.1) is 0 Å². The van der Waals surface area contributed by atoms with Crippen LogP contribution in [0.2, 0.25) is 0 Å². The van der Waals surface area contributed by atoms with Crippen LogP contribution in [0.25, 0.3) is 0 Å². The summed E-state index contributed by atoms with van der Waals surface area (Å²) in [6.45, 7) is 13.3. The third-order valence-electron chi connectivity index (χ3n) is 5.39. The molecule has 0 bridgehead atoms. The molecule has 154 valence electrons. The first-order valence-corrected chi connectivity index (χ1v) is 10.5. The van der Waals surface area contributed by atoms with Gasteiger partial charge in [-0.05, 0) is 37.3 Å². The van der Waals surface area contributed by atoms with E-state index in [1.165, 1.54) is 12.0 Å². The first-order valence-electron chi connectivity index (χ1n) is 9.63. The minimum Gasteiger partial charge on any atom is -0.379 e. The predicted molar refractivity (Wildman–Crippen MR) is 125 cm³/mol. The van der Waals surface area contributed by atoms with Gasteiger partial charge >= 0.3 is 0 Å². The number of halogens is 1. The molecular weight excluding hydrogens is 473 g/mol. The molecule has 3 rings (SSSR count). The Labute approximate surface area is 184 Å². The standard InChI is InChI=1S/C19H33N5OS.HI/c1-19(2,24-9-11-25-12-10-24)15-22-18(20-3)21-6-8-23-7-4-17-16(14-23)5-13-26-17;/h5,13H,4,6-12,14-15H2,1-3H3,(H2,20,21,22);1H. The van der Waals surface area contributed by atoms with Crippen molar-refractivity contribution >= 4 is 41.3 Å². The van der Waals surface area contributed by atoms with Crippen LogP contribution in [-0.4, -0.2) is 80.8 Å². The van der Waals surface area contributed by atoms with Gasteiger partial charge in [0.2, 0.25) is 0 Å². The summed E-state index contributed by atoms with van der Waals surface area (Å²) < 4.78 is 5.47. The van der Waals surface area contributed by atoms with Crippen molar-refractivity contribution in [1.29, 1.82) is 0 Å². The first-order chi connectivity index (χ1) is 12.6. The molecule has 8 heteroatoms. The molecule has 27 heavy (non-hydrogen) atoms. The van der Waals surface area contributed by atoms with E-state index in [0.29, 0.717) is 0 Å². The Morgan fingerprint density at radius 2 is 2.04 bits per heavy atom. The Morgan fingerprint density at radius 3 is 2.78 bits per heavy atom. The van der Waals surface area contributed by atoms with Gasteiger partial charge in [0, 0.05) is 63.3 Å². The zero-order valence-corrected chi connectivity index (χ0v) is 19.9. The third-order valence-corrected chi connectivity index (χ3v) is 6.41. The molecule has 3 heterocycles. The van der Waals surface area contributed by atoms with Crippen molar-refractivity contribution in [3.8, 4) is 0 Å². The number of hydrogen-bond donors (Lipinski definition) is 2. The molecule has 0 amide bonds. The highest BCUT2D eigenvalue weighted by atomic mass is 127. The highest BCUT2D eigenvalue weighted by Crippen LogP contribution is 2.23. The van der Waals surface area contributed by atoms with Crippen LogP contribution in [0.3, 0.4) is 0 Å². The summed E-state index contributed by atoms with van der Waals surface area (Å²) >= 11 is 1.90. The van der Waals surface area contributed by atoms with E-state index in [2.05, 4.69) is 50.7 Å². The van der Waals surface area contributed by atoms with Gasteiger partial charge in [0.25, 0.3) is 0 Å². The fourth-order valence-corrected chi connectivity index (χ4v) is 4.52. The van der Waals surface area contributed by atoms with E-state index in [1.54, 1.807) is 4.88 Å². The molecule has 0 aromatic carbocycles. The number of morpholine rings is 1. The molecule has 0 spiro atoms. The van der Waals surface area contributed by atoms with Crippen LogP contribution in [0.5, 0.6) is 0 Å². The van der Waals surface area contributed by atoms with E-state index < -0.39 is 0 Å². The quantitative estimate of drug-likeness (QED) is 0.351. The van der Waals surface area contributed by atoms with E-state index in [0.717, 1.165) is 65.0 Å². The van der Waals surface area contributed by atoms with Crippen LogP contribution >= 0.6 is 35.3 Å². The number of nitrogens with one attached hydrogen (secondary N) is 2. The molecule has 0 saturated carbocycles. The number of guanidine groups is 1. The van der Waals surface area contributed by atoms with Crippen molar-refractivity contribution in [2.24, 2.45) is 4.99 Å². The average molecular weight is 507 g/mol. The monoisotopic (exact) mass is 507 g/mol. The molecule has 6 nitrogen and oxygen atoms in total. The third kappa shape index (κ3) is 6.56. The highest BCUT2D eigenvalue weighted by Gasteiger charge is 2.28. The van der Waals surface area contributed by atoms with Crippen LogP contribution in [0.1, 0.15) is 24.3 Å². The number of ether oxygens (including phenoxy) is 1. The Hall–Kier alpha value is -0.420. The maximum atomic E-state index is 5.47. The summed E-state index contributed by atoms with van der Waals surface area (Å²) in [7, 11) is 1.84. The summed E-state index contributed by atoms with van der Waals surface area (Å²) in [6, 6.07) is 2.27. The van der Waals surface area contributed by atoms with E-state index in [9.17, 15) is 0 Å². The maximum Gasteiger partial charge on any atom is 0.191 e. The van der Waals surface area contributed by atoms with Gasteiger partial charge in [0.15, 0.2) is 5.96 Å². The lowest BCUT2D eigenvalue weighted by Gasteiger charge is -2.41. The lowest BCUT2D eigenvalue weighted by Crippen LogP contribution is -2.56. The fourth-order valence-electron chi connectivity index (χ4n) is 3.63. The zero-order valence-electron chi connectivity index (χ0n) is 16.8. The number of rotatable bonds is 6. The van der Waals surface area contributed by atoms with Gasteiger partial charge in [-0.2, -0.15) is 0 Å². The molecule has 0 radical (unpaired) electrons. The second kappa shape index (κ2) is 10.9. The fraction of sp³-hybridized carbons (Fsp3) is 0.737. The summed E-state index contributed by atoms with van der Waals surface area (Å²) in [4.78, 5) is 11.0. The topological polar surface area (TPSA) is 52.1 Å². The molecule has 0 atom stereocenters. The Bertz CT molecular complexity index is 601. The van der Waals surface area contributed by atoms with Gasteiger partial charge in [-0.15, -0.1) is 35.3 Å². The van der Waals surface area contributed by atoms with Crippen LogP contribution in [0.4, 0.5) is 0 Å². The number of aliphatic imine (C=N–C) groups is 1. The van der Waals surface area contributed by atoms with Crippen molar-refractivity contribution in [3.05, 3.63) is 21.9 Å². The number of hydrogen-bond acceptors (Lipinski definition) is 5. The Balaban J connectivity index is 0.00000261. The normalized spacial score (nSPS) is 19.3. The molecule has 1 aromatic rings. The molecule has 1 saturated heterocycles. The van der Waals surface area contributed by atoms with Crippen molar-refractivity contribution in [1.82, 2.24) is 20.4 Å². The average Bonchev–Trinajstić information content (AvgIpc) is 3.13. The molecule has 0 aliphatic carbocycles. The first kappa shape index (κ1) is 22.9. The minimum absolute atomic E-state index is 0. The van der Waals surface area contributed by atoms with Gasteiger partial charge in [0.1, 0.15) is 0 Å². The highest BCUT2D eigenvalue weighted by molar-refractivity contribution is 14.0. The van der Waals surface area contributed by atoms with Gasteiger partial charge < -0.3 is 15.4 Å². The molecule has 2 aliphatic heterocycles. The Morgan fingerprint density at radius 1 is 1.26 bits per heavy atom. The van der Waals surface area contributed by atoms with Crippen LogP contribution in [0.15, 0.2) is 16.4 Å². The van der Waals surface area contributed by atoms with Crippen LogP contribution in [-0.2, 0) is 17.7 Å². The van der Waals surface area contributed by atoms with Crippen molar-refractivity contribution in [3.63, 3.8) is 0 Å². The number of fused-ring (bicyclic) bond motifs is 1. The zero-order chi connectivity index (χ0) is 18.4. The number of thiophene rings is 1. The van der Waals surface area contributed by atoms with Crippen molar-refractivity contribution < 1.29 is 4.74 Å². The Kier molecular flexibility index (Phi) is 9.27. The summed E-state index contributed by atoms with van der Waals surface area (Å²) in [5.74, 6) is 0.888. The smallest absolute Gasteiger partial charge is 0.191 e. The van der Waals surface area contributed by atoms with E-state index in [1.807, 2.05) is 18.4 Å². The SMILES string of the molecule is CN=C(NCCN1CCc2sccc2C1)NCC(C)(C)N1CCOCC1.I. The van der Waals surface area contributed by atoms with Gasteiger partial charge in [-0.1, -0.05) is 0 Å². The minimum atomic E-state index is 0. The summed E-state index contributed by atoms with van der Waals surface area (Å²) in [5.41, 5.74) is 1.60. The van der Waals surface area contributed by atoms with E-state index in [-0.39, 0.29) is 29.5 Å². The van der Waals surface area contributed by atoms with Gasteiger partial charge in [-0.25, -0.2) is 0 Å². The largest absolute Gasteiger partial charge is 0.379 e. The number of nitrogens with zero attached hydrogens (tertiary/aromatic N) is 3. The van der Waals surface area contributed by atoms with E-state index in [4.69, 9.17) is 4.74 Å². The van der Waals surface area contributed by atoms with Gasteiger partial charge in [0.05, 0.1) is 13.2 Å². The van der Waals surface area contributed by atoms with Crippen molar-refractivity contribution in [2.45, 2.75) is 32.4 Å². The molecule has 1 aromatic heterocycles. The maximum absolute atomic E-state index is 5.47. The van der Waals surface area contributed by atoms with Crippen LogP contribution < -0.4 is 10.6 Å². The molecule has 1 fully saturated rings. The molecular formula is C19H34IN5OS.